The highest BCUT2D eigenvalue weighted by atomic mass is 35.5. The maximum Gasteiger partial charge on any atom is 0.325 e. The molecule has 3 aromatic rings. The summed E-state index contributed by atoms with van der Waals surface area (Å²) in [5.41, 5.74) is 1.58. The van der Waals surface area contributed by atoms with Gasteiger partial charge in [-0.1, -0.05) is 23.4 Å². The number of hydrogen-bond donors (Lipinski definition) is 1. The molecule has 1 aromatic carbocycles. The molecule has 1 amide bonds. The molecule has 0 atom stereocenters. The summed E-state index contributed by atoms with van der Waals surface area (Å²) in [5.74, 6) is -0.126. The largest absolute Gasteiger partial charge is 0.465 e. The Kier molecular flexibility index (Phi) is 7.20. The molecule has 0 saturated carbocycles. The number of amides is 1. The Morgan fingerprint density at radius 2 is 2.00 bits per heavy atom. The fourth-order valence-electron chi connectivity index (χ4n) is 2.43. The van der Waals surface area contributed by atoms with Crippen LogP contribution in [0, 0.1) is 0 Å². The highest BCUT2D eigenvalue weighted by Gasteiger charge is 2.17. The van der Waals surface area contributed by atoms with E-state index >= 15 is 0 Å². The average molecular weight is 432 g/mol. The van der Waals surface area contributed by atoms with Gasteiger partial charge in [-0.15, -0.1) is 10.2 Å². The molecule has 2 heterocycles. The van der Waals surface area contributed by atoms with Gasteiger partial charge in [-0.05, 0) is 43.3 Å². The van der Waals surface area contributed by atoms with Crippen molar-refractivity contribution in [3.63, 3.8) is 0 Å². The highest BCUT2D eigenvalue weighted by Crippen LogP contribution is 2.28. The first-order valence-corrected chi connectivity index (χ1v) is 10.1. The number of carbonyl (C=O) groups is 2. The molecule has 29 heavy (non-hydrogen) atoms. The number of benzene rings is 1. The molecular weight excluding hydrogens is 414 g/mol. The molecule has 0 aliphatic carbocycles. The number of nitrogens with zero attached hydrogens (tertiary/aromatic N) is 4. The van der Waals surface area contributed by atoms with Crippen LogP contribution in [-0.4, -0.2) is 50.5 Å². The average Bonchev–Trinajstić information content (AvgIpc) is 3.16. The Morgan fingerprint density at radius 1 is 1.21 bits per heavy atom. The molecule has 0 radical (unpaired) electrons. The van der Waals surface area contributed by atoms with Crippen LogP contribution in [0.25, 0.3) is 17.1 Å². The number of ether oxygens (including phenoxy) is 1. The van der Waals surface area contributed by atoms with Gasteiger partial charge in [0.2, 0.25) is 5.91 Å². The van der Waals surface area contributed by atoms with E-state index in [0.717, 1.165) is 11.3 Å². The van der Waals surface area contributed by atoms with Gasteiger partial charge in [0.05, 0.1) is 12.4 Å². The van der Waals surface area contributed by atoms with E-state index in [4.69, 9.17) is 16.3 Å². The van der Waals surface area contributed by atoms with E-state index in [9.17, 15) is 9.59 Å². The first-order chi connectivity index (χ1) is 14.1. The van der Waals surface area contributed by atoms with Gasteiger partial charge in [0.25, 0.3) is 0 Å². The van der Waals surface area contributed by atoms with Crippen LogP contribution in [0.1, 0.15) is 6.92 Å². The summed E-state index contributed by atoms with van der Waals surface area (Å²) in [6.07, 6.45) is 3.37. The Bertz CT molecular complexity index is 979. The van der Waals surface area contributed by atoms with Crippen molar-refractivity contribution in [3.05, 3.63) is 53.8 Å². The lowest BCUT2D eigenvalue weighted by Crippen LogP contribution is -2.31. The van der Waals surface area contributed by atoms with Gasteiger partial charge in [0.15, 0.2) is 11.0 Å². The molecule has 150 valence electrons. The maximum absolute atomic E-state index is 12.1. The monoisotopic (exact) mass is 431 g/mol. The van der Waals surface area contributed by atoms with Gasteiger partial charge in [-0.25, -0.2) is 0 Å². The zero-order valence-corrected chi connectivity index (χ0v) is 17.1. The van der Waals surface area contributed by atoms with Gasteiger partial charge < -0.3 is 10.1 Å². The second-order valence-electron chi connectivity index (χ2n) is 5.73. The standard InChI is InChI=1S/C19H18ClN5O3S/c1-2-28-17(27)11-22-16(26)12-29-19-24-23-18(13-4-3-9-21-10-13)25(19)15-7-5-14(20)6-8-15/h3-10H,2,11-12H2,1H3,(H,22,26). The molecule has 0 spiro atoms. The minimum atomic E-state index is -0.478. The first-order valence-electron chi connectivity index (χ1n) is 8.75. The van der Waals surface area contributed by atoms with Crippen molar-refractivity contribution in [3.8, 4) is 17.1 Å². The molecule has 8 nitrogen and oxygen atoms in total. The van der Waals surface area contributed by atoms with Crippen LogP contribution >= 0.6 is 23.4 Å². The second-order valence-corrected chi connectivity index (χ2v) is 7.11. The third kappa shape index (κ3) is 5.55. The fourth-order valence-corrected chi connectivity index (χ4v) is 3.34. The summed E-state index contributed by atoms with van der Waals surface area (Å²) in [5, 5.41) is 12.2. The fraction of sp³-hybridized carbons (Fsp3) is 0.211. The molecule has 2 aromatic heterocycles. The van der Waals surface area contributed by atoms with Gasteiger partial charge in [0.1, 0.15) is 6.54 Å². The number of hydrogen-bond acceptors (Lipinski definition) is 7. The number of carbonyl (C=O) groups excluding carboxylic acids is 2. The smallest absolute Gasteiger partial charge is 0.325 e. The van der Waals surface area contributed by atoms with Crippen molar-refractivity contribution < 1.29 is 14.3 Å². The molecule has 0 aliphatic heterocycles. The van der Waals surface area contributed by atoms with Gasteiger partial charge >= 0.3 is 5.97 Å². The van der Waals surface area contributed by atoms with Crippen molar-refractivity contribution in [2.24, 2.45) is 0 Å². The molecule has 0 unspecified atom stereocenters. The summed E-state index contributed by atoms with van der Waals surface area (Å²) in [6.45, 7) is 1.81. The SMILES string of the molecule is CCOC(=O)CNC(=O)CSc1nnc(-c2cccnc2)n1-c1ccc(Cl)cc1. The summed E-state index contributed by atoms with van der Waals surface area (Å²) in [4.78, 5) is 27.6. The Labute approximate surface area is 176 Å². The van der Waals surface area contributed by atoms with Crippen molar-refractivity contribution in [1.82, 2.24) is 25.1 Å². The number of aromatic nitrogens is 4. The van der Waals surface area contributed by atoms with Crippen molar-refractivity contribution in [2.75, 3.05) is 18.9 Å². The summed E-state index contributed by atoms with van der Waals surface area (Å²) in [6, 6.07) is 10.9. The van der Waals surface area contributed by atoms with E-state index in [0.29, 0.717) is 16.0 Å². The molecule has 0 bridgehead atoms. The van der Waals surface area contributed by atoms with E-state index < -0.39 is 5.97 Å². The topological polar surface area (TPSA) is 99.0 Å². The normalized spacial score (nSPS) is 10.6. The number of esters is 1. The van der Waals surface area contributed by atoms with E-state index in [1.54, 1.807) is 31.5 Å². The Morgan fingerprint density at radius 3 is 2.69 bits per heavy atom. The van der Waals surface area contributed by atoms with Crippen molar-refractivity contribution >= 4 is 35.2 Å². The third-order valence-corrected chi connectivity index (χ3v) is 4.89. The second kappa shape index (κ2) is 10.0. The van der Waals surface area contributed by atoms with Crippen LogP contribution in [0.15, 0.2) is 53.9 Å². The maximum atomic E-state index is 12.1. The van der Waals surface area contributed by atoms with Gasteiger partial charge in [0, 0.05) is 28.7 Å². The number of halogens is 1. The zero-order valence-electron chi connectivity index (χ0n) is 15.5. The van der Waals surface area contributed by atoms with E-state index in [1.165, 1.54) is 11.8 Å². The van der Waals surface area contributed by atoms with E-state index in [-0.39, 0.29) is 24.8 Å². The molecular formula is C19H18ClN5O3S. The van der Waals surface area contributed by atoms with Crippen LogP contribution in [-0.2, 0) is 14.3 Å². The lowest BCUT2D eigenvalue weighted by molar-refractivity contribution is -0.143. The van der Waals surface area contributed by atoms with Crippen molar-refractivity contribution in [2.45, 2.75) is 12.1 Å². The number of rotatable bonds is 8. The summed E-state index contributed by atoms with van der Waals surface area (Å²) >= 11 is 7.22. The van der Waals surface area contributed by atoms with Crippen LogP contribution in [0.2, 0.25) is 5.02 Å². The van der Waals surface area contributed by atoms with Crippen LogP contribution in [0.4, 0.5) is 0 Å². The van der Waals surface area contributed by atoms with Gasteiger partial charge in [-0.3, -0.25) is 19.1 Å². The third-order valence-electron chi connectivity index (χ3n) is 3.71. The van der Waals surface area contributed by atoms with Gasteiger partial charge in [-0.2, -0.15) is 0 Å². The number of nitrogens with one attached hydrogen (secondary N) is 1. The molecule has 0 fully saturated rings. The van der Waals surface area contributed by atoms with Crippen molar-refractivity contribution in [1.29, 1.82) is 0 Å². The Hall–Kier alpha value is -2.91. The predicted octanol–water partition coefficient (Wildman–Crippen LogP) is 2.75. The van der Waals surface area contributed by atoms with Crippen LogP contribution in [0.5, 0.6) is 0 Å². The summed E-state index contributed by atoms with van der Waals surface area (Å²) in [7, 11) is 0. The molecule has 1 N–H and O–H groups in total. The molecule has 0 saturated heterocycles. The minimum Gasteiger partial charge on any atom is -0.465 e. The zero-order chi connectivity index (χ0) is 20.6. The van der Waals surface area contributed by atoms with Crippen LogP contribution < -0.4 is 5.32 Å². The summed E-state index contributed by atoms with van der Waals surface area (Å²) < 4.78 is 6.62. The molecule has 3 rings (SSSR count). The number of thioether (sulfide) groups is 1. The van der Waals surface area contributed by atoms with Crippen LogP contribution in [0.3, 0.4) is 0 Å². The highest BCUT2D eigenvalue weighted by molar-refractivity contribution is 7.99. The van der Waals surface area contributed by atoms with E-state index in [1.807, 2.05) is 28.8 Å². The number of pyridine rings is 1. The molecule has 10 heteroatoms. The Balaban J connectivity index is 1.80. The lowest BCUT2D eigenvalue weighted by atomic mass is 10.2. The molecule has 0 aliphatic rings. The quantitative estimate of drug-likeness (QED) is 0.432. The minimum absolute atomic E-state index is 0.0676. The predicted molar refractivity (Wildman–Crippen MR) is 110 cm³/mol. The van der Waals surface area contributed by atoms with E-state index in [2.05, 4.69) is 20.5 Å². The first kappa shape index (κ1) is 20.8. The lowest BCUT2D eigenvalue weighted by Gasteiger charge is -2.10.